The summed E-state index contributed by atoms with van der Waals surface area (Å²) in [5, 5.41) is 9.45. The molecule has 2 aromatic rings. The van der Waals surface area contributed by atoms with Crippen LogP contribution in [0, 0.1) is 11.3 Å². The van der Waals surface area contributed by atoms with E-state index in [2.05, 4.69) is 16.0 Å². The Labute approximate surface area is 109 Å². The summed E-state index contributed by atoms with van der Waals surface area (Å²) in [6.07, 6.45) is 1.44. The first-order valence-corrected chi connectivity index (χ1v) is 5.52. The van der Waals surface area contributed by atoms with Gasteiger partial charge < -0.3 is 10.6 Å². The highest BCUT2D eigenvalue weighted by Gasteiger charge is 2.13. The number of aromatic nitrogens is 2. The van der Waals surface area contributed by atoms with Gasteiger partial charge in [-0.2, -0.15) is 10.2 Å². The van der Waals surface area contributed by atoms with Gasteiger partial charge in [-0.05, 0) is 12.1 Å². The summed E-state index contributed by atoms with van der Waals surface area (Å²) in [7, 11) is 1.77. The second kappa shape index (κ2) is 4.90. The third-order valence-corrected chi connectivity index (χ3v) is 2.71. The summed E-state index contributed by atoms with van der Waals surface area (Å²) < 4.78 is 0. The molecule has 1 aromatic carbocycles. The van der Waals surface area contributed by atoms with Gasteiger partial charge in [0.25, 0.3) is 0 Å². The van der Waals surface area contributed by atoms with Gasteiger partial charge in [0.05, 0.1) is 17.4 Å². The maximum absolute atomic E-state index is 9.07. The predicted molar refractivity (Wildman–Crippen MR) is 70.7 cm³/mol. The van der Waals surface area contributed by atoms with Crippen molar-refractivity contribution in [3.8, 4) is 6.07 Å². The zero-order valence-electron chi connectivity index (χ0n) is 9.63. The maximum atomic E-state index is 9.07. The van der Waals surface area contributed by atoms with E-state index in [1.165, 1.54) is 6.20 Å². The Morgan fingerprint density at radius 3 is 2.83 bits per heavy atom. The van der Waals surface area contributed by atoms with Crippen LogP contribution in [0.2, 0.25) is 5.02 Å². The fourth-order valence-electron chi connectivity index (χ4n) is 1.58. The minimum Gasteiger partial charge on any atom is -0.368 e. The van der Waals surface area contributed by atoms with Crippen molar-refractivity contribution in [3.05, 3.63) is 41.0 Å². The van der Waals surface area contributed by atoms with E-state index in [4.69, 9.17) is 22.6 Å². The summed E-state index contributed by atoms with van der Waals surface area (Å²) in [6, 6.07) is 9.30. The lowest BCUT2D eigenvalue weighted by Gasteiger charge is -2.20. The van der Waals surface area contributed by atoms with Gasteiger partial charge in [-0.3, -0.25) is 0 Å². The van der Waals surface area contributed by atoms with Gasteiger partial charge in [0, 0.05) is 7.05 Å². The van der Waals surface area contributed by atoms with E-state index in [1.807, 2.05) is 12.1 Å². The molecule has 0 aliphatic rings. The number of benzene rings is 1. The molecule has 1 aromatic heterocycles. The smallest absolute Gasteiger partial charge is 0.222 e. The fraction of sp³-hybridized carbons (Fsp3) is 0.0833. The van der Waals surface area contributed by atoms with Crippen LogP contribution in [0.3, 0.4) is 0 Å². The summed E-state index contributed by atoms with van der Waals surface area (Å²) in [6.45, 7) is 0. The van der Waals surface area contributed by atoms with Gasteiger partial charge in [0.1, 0.15) is 11.1 Å². The molecule has 1 heterocycles. The highest BCUT2D eigenvalue weighted by atomic mass is 35.5. The number of anilines is 3. The molecule has 18 heavy (non-hydrogen) atoms. The Balaban J connectivity index is 2.51. The molecule has 90 valence electrons. The van der Waals surface area contributed by atoms with Crippen LogP contribution in [0.5, 0.6) is 0 Å². The largest absolute Gasteiger partial charge is 0.368 e. The van der Waals surface area contributed by atoms with E-state index in [0.29, 0.717) is 22.1 Å². The second-order valence-corrected chi connectivity index (χ2v) is 3.99. The van der Waals surface area contributed by atoms with Crippen molar-refractivity contribution in [3.63, 3.8) is 0 Å². The SMILES string of the molecule is CN(c1ccccc1C#N)c1nc(N)ncc1Cl. The molecule has 0 radical (unpaired) electrons. The van der Waals surface area contributed by atoms with E-state index in [-0.39, 0.29) is 5.95 Å². The molecule has 0 unspecified atom stereocenters. The predicted octanol–water partition coefficient (Wildman–Crippen LogP) is 2.35. The molecule has 0 aliphatic heterocycles. The molecule has 0 amide bonds. The van der Waals surface area contributed by atoms with Crippen LogP contribution < -0.4 is 10.6 Å². The van der Waals surface area contributed by atoms with Crippen LogP contribution >= 0.6 is 11.6 Å². The van der Waals surface area contributed by atoms with Gasteiger partial charge in [0.15, 0.2) is 5.82 Å². The van der Waals surface area contributed by atoms with Crippen molar-refractivity contribution >= 4 is 29.1 Å². The van der Waals surface area contributed by atoms with E-state index < -0.39 is 0 Å². The highest BCUT2D eigenvalue weighted by molar-refractivity contribution is 6.33. The first-order chi connectivity index (χ1) is 8.63. The molecule has 2 rings (SSSR count). The molecule has 2 N–H and O–H groups in total. The molecule has 0 aliphatic carbocycles. The van der Waals surface area contributed by atoms with Gasteiger partial charge in [-0.15, -0.1) is 0 Å². The zero-order valence-corrected chi connectivity index (χ0v) is 10.4. The quantitative estimate of drug-likeness (QED) is 0.896. The number of nitrogens with zero attached hydrogens (tertiary/aromatic N) is 4. The maximum Gasteiger partial charge on any atom is 0.222 e. The Morgan fingerprint density at radius 1 is 1.39 bits per heavy atom. The number of nitrogen functional groups attached to an aromatic ring is 1. The second-order valence-electron chi connectivity index (χ2n) is 3.59. The van der Waals surface area contributed by atoms with Gasteiger partial charge >= 0.3 is 0 Å². The van der Waals surface area contributed by atoms with Gasteiger partial charge in [-0.1, -0.05) is 23.7 Å². The molecule has 5 nitrogen and oxygen atoms in total. The zero-order chi connectivity index (χ0) is 13.1. The Morgan fingerprint density at radius 2 is 2.11 bits per heavy atom. The molecule has 0 fully saturated rings. The third kappa shape index (κ3) is 2.19. The van der Waals surface area contributed by atoms with E-state index in [0.717, 1.165) is 0 Å². The Bertz CT molecular complexity index is 620. The minimum absolute atomic E-state index is 0.135. The molecular formula is C12H10ClN5. The van der Waals surface area contributed by atoms with Crippen molar-refractivity contribution in [2.45, 2.75) is 0 Å². The Kier molecular flexibility index (Phi) is 3.31. The first kappa shape index (κ1) is 12.1. The average molecular weight is 260 g/mol. The average Bonchev–Trinajstić information content (AvgIpc) is 2.40. The minimum atomic E-state index is 0.135. The van der Waals surface area contributed by atoms with Gasteiger partial charge in [-0.25, -0.2) is 4.98 Å². The standard InChI is InChI=1S/C12H10ClN5/c1-18(10-5-3-2-4-8(10)6-14)11-9(13)7-16-12(15)17-11/h2-5,7H,1H3,(H2,15,16,17). The van der Waals surface area contributed by atoms with Crippen molar-refractivity contribution in [2.75, 3.05) is 17.7 Å². The summed E-state index contributed by atoms with van der Waals surface area (Å²) in [5.41, 5.74) is 6.79. The topological polar surface area (TPSA) is 78.8 Å². The van der Waals surface area contributed by atoms with Crippen LogP contribution in [0.4, 0.5) is 17.5 Å². The number of rotatable bonds is 2. The molecule has 0 saturated carbocycles. The normalized spacial score (nSPS) is 9.83. The molecule has 0 bridgehead atoms. The summed E-state index contributed by atoms with van der Waals surface area (Å²) in [4.78, 5) is 9.58. The van der Waals surface area contributed by atoms with Crippen molar-refractivity contribution in [1.82, 2.24) is 9.97 Å². The number of hydrogen-bond donors (Lipinski definition) is 1. The lowest BCUT2D eigenvalue weighted by atomic mass is 10.2. The van der Waals surface area contributed by atoms with Crippen molar-refractivity contribution in [1.29, 1.82) is 5.26 Å². The van der Waals surface area contributed by atoms with Gasteiger partial charge in [0.2, 0.25) is 5.95 Å². The lowest BCUT2D eigenvalue weighted by molar-refractivity contribution is 1.09. The van der Waals surface area contributed by atoms with Crippen molar-refractivity contribution in [2.24, 2.45) is 0 Å². The highest BCUT2D eigenvalue weighted by Crippen LogP contribution is 2.30. The molecule has 0 spiro atoms. The van der Waals surface area contributed by atoms with Crippen LogP contribution in [0.1, 0.15) is 5.56 Å². The molecule has 0 atom stereocenters. The lowest BCUT2D eigenvalue weighted by Crippen LogP contribution is -2.14. The summed E-state index contributed by atoms with van der Waals surface area (Å²) in [5.74, 6) is 0.600. The number of halogens is 1. The van der Waals surface area contributed by atoms with E-state index in [9.17, 15) is 0 Å². The van der Waals surface area contributed by atoms with Crippen LogP contribution in [0.25, 0.3) is 0 Å². The third-order valence-electron chi connectivity index (χ3n) is 2.45. The number of para-hydroxylation sites is 1. The molecule has 0 saturated heterocycles. The fourth-order valence-corrected chi connectivity index (χ4v) is 1.80. The number of hydrogen-bond acceptors (Lipinski definition) is 5. The summed E-state index contributed by atoms with van der Waals surface area (Å²) >= 11 is 6.03. The van der Waals surface area contributed by atoms with Crippen LogP contribution in [-0.4, -0.2) is 17.0 Å². The Hall–Kier alpha value is -2.32. The number of nitrogens with two attached hydrogens (primary N) is 1. The first-order valence-electron chi connectivity index (χ1n) is 5.14. The molecule has 6 heteroatoms. The van der Waals surface area contributed by atoms with Crippen molar-refractivity contribution < 1.29 is 0 Å². The van der Waals surface area contributed by atoms with Crippen LogP contribution in [-0.2, 0) is 0 Å². The monoisotopic (exact) mass is 259 g/mol. The van der Waals surface area contributed by atoms with Crippen LogP contribution in [0.15, 0.2) is 30.5 Å². The number of nitriles is 1. The van der Waals surface area contributed by atoms with E-state index >= 15 is 0 Å². The van der Waals surface area contributed by atoms with E-state index in [1.54, 1.807) is 24.1 Å². The molecular weight excluding hydrogens is 250 g/mol.